The molecule has 0 spiro atoms. The molecule has 4 rings (SSSR count). The summed E-state index contributed by atoms with van der Waals surface area (Å²) in [5, 5.41) is 16.3. The van der Waals surface area contributed by atoms with Gasteiger partial charge in [-0.25, -0.2) is 4.79 Å². The minimum Gasteiger partial charge on any atom is -0.466 e. The number of amides is 2. The zero-order chi connectivity index (χ0) is 28.2. The van der Waals surface area contributed by atoms with Crippen molar-refractivity contribution in [3.8, 4) is 11.1 Å². The first-order valence-corrected chi connectivity index (χ1v) is 12.9. The number of hydrogen-bond donors (Lipinski definition) is 3. The van der Waals surface area contributed by atoms with Crippen LogP contribution in [0.1, 0.15) is 55.9 Å². The third kappa shape index (κ3) is 6.42. The fourth-order valence-corrected chi connectivity index (χ4v) is 5.11. The molecule has 6 nitrogen and oxygen atoms in total. The third-order valence-corrected chi connectivity index (χ3v) is 7.34. The van der Waals surface area contributed by atoms with Gasteiger partial charge in [-0.3, -0.25) is 4.79 Å². The predicted octanol–water partition coefficient (Wildman–Crippen LogP) is 7.35. The van der Waals surface area contributed by atoms with Crippen molar-refractivity contribution in [2.75, 3.05) is 17.2 Å². The fraction of sp³-hybridized carbons (Fsp3) is 0.333. The number of carbonyl (C=O) groups is 2. The number of benzene rings is 3. The van der Waals surface area contributed by atoms with Gasteiger partial charge in [0.05, 0.1) is 24.7 Å². The van der Waals surface area contributed by atoms with Crippen LogP contribution >= 0.6 is 0 Å². The normalized spacial score (nSPS) is 18.7. The number of hydrogen-bond acceptors (Lipinski definition) is 4. The molecular weight excluding hydrogens is 509 g/mol. The Balaban J connectivity index is 1.43. The van der Waals surface area contributed by atoms with E-state index in [-0.39, 0.29) is 18.1 Å². The number of urea groups is 1. The van der Waals surface area contributed by atoms with E-state index in [1.165, 1.54) is 12.1 Å². The molecule has 1 aliphatic rings. The maximum atomic E-state index is 12.9. The van der Waals surface area contributed by atoms with Crippen molar-refractivity contribution in [1.29, 1.82) is 0 Å². The number of carbonyl (C=O) groups excluding carboxylic acids is 2. The van der Waals surface area contributed by atoms with Gasteiger partial charge in [-0.15, -0.1) is 0 Å². The minimum absolute atomic E-state index is 0.0320. The summed E-state index contributed by atoms with van der Waals surface area (Å²) >= 11 is 0. The zero-order valence-electron chi connectivity index (χ0n) is 21.8. The smallest absolute Gasteiger partial charge is 0.416 e. The summed E-state index contributed by atoms with van der Waals surface area (Å²) in [7, 11) is 0. The molecule has 2 amide bonds. The summed E-state index contributed by atoms with van der Waals surface area (Å²) in [5.41, 5.74) is 2.79. The van der Waals surface area contributed by atoms with Crippen LogP contribution in [0.3, 0.4) is 0 Å². The zero-order valence-corrected chi connectivity index (χ0v) is 21.8. The molecule has 39 heavy (non-hydrogen) atoms. The van der Waals surface area contributed by atoms with Gasteiger partial charge in [-0.05, 0) is 78.8 Å². The number of alkyl halides is 3. The standard InChI is InChI=1S/C30H31F3N2O4/c1-3-29(18-26(36)39-4-2)15-14-21-16-20(10-13-25(21)27(29)37)19-8-11-23(12-9-19)34-28(38)35-24-7-5-6-22(17-24)30(31,32)33/h5-13,16-17,27,37H,3-4,14-15,18H2,1-2H3,(H2,34,35,38)/t27?,29-/m1/s1. The summed E-state index contributed by atoms with van der Waals surface area (Å²) in [6, 6.07) is 16.7. The monoisotopic (exact) mass is 540 g/mol. The minimum atomic E-state index is -4.50. The van der Waals surface area contributed by atoms with Crippen molar-refractivity contribution in [1.82, 2.24) is 0 Å². The van der Waals surface area contributed by atoms with Crippen LogP contribution in [0.2, 0.25) is 0 Å². The topological polar surface area (TPSA) is 87.7 Å². The lowest BCUT2D eigenvalue weighted by Gasteiger charge is -2.41. The van der Waals surface area contributed by atoms with Crippen molar-refractivity contribution in [3.05, 3.63) is 83.4 Å². The van der Waals surface area contributed by atoms with Crippen LogP contribution in [-0.2, 0) is 22.1 Å². The average Bonchev–Trinajstić information content (AvgIpc) is 2.90. The van der Waals surface area contributed by atoms with Gasteiger partial charge in [0.2, 0.25) is 0 Å². The summed E-state index contributed by atoms with van der Waals surface area (Å²) in [4.78, 5) is 24.5. The number of aliphatic hydroxyl groups is 1. The Hall–Kier alpha value is -3.85. The van der Waals surface area contributed by atoms with E-state index in [0.717, 1.165) is 40.8 Å². The molecule has 0 bridgehead atoms. The molecule has 206 valence electrons. The number of aliphatic hydroxyl groups excluding tert-OH is 1. The van der Waals surface area contributed by atoms with E-state index >= 15 is 0 Å². The molecule has 1 aliphatic carbocycles. The molecule has 0 saturated heterocycles. The second-order valence-corrected chi connectivity index (χ2v) is 9.75. The molecule has 0 radical (unpaired) electrons. The largest absolute Gasteiger partial charge is 0.466 e. The SMILES string of the molecule is CCOC(=O)C[C@@]1(CC)CCc2cc(-c3ccc(NC(=O)Nc4cccc(C(F)(F)F)c4)cc3)ccc2C1O. The second-order valence-electron chi connectivity index (χ2n) is 9.75. The summed E-state index contributed by atoms with van der Waals surface area (Å²) in [6.07, 6.45) is -3.04. The highest BCUT2D eigenvalue weighted by molar-refractivity contribution is 5.99. The first-order chi connectivity index (χ1) is 18.5. The summed E-state index contributed by atoms with van der Waals surface area (Å²) < 4.78 is 43.9. The van der Waals surface area contributed by atoms with Gasteiger partial charge in [-0.1, -0.05) is 43.3 Å². The number of ether oxygens (including phenoxy) is 1. The van der Waals surface area contributed by atoms with Crippen molar-refractivity contribution in [2.24, 2.45) is 5.41 Å². The molecule has 0 fully saturated rings. The molecule has 9 heteroatoms. The van der Waals surface area contributed by atoms with Crippen LogP contribution < -0.4 is 10.6 Å². The highest BCUT2D eigenvalue weighted by Crippen LogP contribution is 2.49. The van der Waals surface area contributed by atoms with Crippen molar-refractivity contribution < 1.29 is 32.6 Å². The van der Waals surface area contributed by atoms with Crippen molar-refractivity contribution in [3.63, 3.8) is 0 Å². The van der Waals surface area contributed by atoms with Crippen LogP contribution in [0.25, 0.3) is 11.1 Å². The van der Waals surface area contributed by atoms with Gasteiger partial charge in [0.1, 0.15) is 0 Å². The number of anilines is 2. The maximum absolute atomic E-state index is 12.9. The molecule has 3 aromatic carbocycles. The van der Waals surface area contributed by atoms with Crippen LogP contribution in [0, 0.1) is 5.41 Å². The van der Waals surface area contributed by atoms with Gasteiger partial charge in [-0.2, -0.15) is 13.2 Å². The van der Waals surface area contributed by atoms with Gasteiger partial charge in [0, 0.05) is 16.8 Å². The Kier molecular flexibility index (Phi) is 8.30. The highest BCUT2D eigenvalue weighted by Gasteiger charge is 2.43. The lowest BCUT2D eigenvalue weighted by Crippen LogP contribution is -2.36. The van der Waals surface area contributed by atoms with Gasteiger partial charge in [0.15, 0.2) is 0 Å². The van der Waals surface area contributed by atoms with Gasteiger partial charge >= 0.3 is 18.2 Å². The quantitative estimate of drug-likeness (QED) is 0.274. The van der Waals surface area contributed by atoms with Crippen molar-refractivity contribution >= 4 is 23.4 Å². The van der Waals surface area contributed by atoms with Crippen LogP contribution in [0.15, 0.2) is 66.7 Å². The second kappa shape index (κ2) is 11.5. The first kappa shape index (κ1) is 28.2. The molecule has 3 aromatic rings. The Labute approximate surface area is 225 Å². The maximum Gasteiger partial charge on any atom is 0.416 e. The summed E-state index contributed by atoms with van der Waals surface area (Å²) in [5.74, 6) is -0.296. The Bertz CT molecular complexity index is 1340. The van der Waals surface area contributed by atoms with Crippen molar-refractivity contribution in [2.45, 2.75) is 51.8 Å². The van der Waals surface area contributed by atoms with Crippen LogP contribution in [0.4, 0.5) is 29.3 Å². The Morgan fingerprint density at radius 1 is 0.974 bits per heavy atom. The summed E-state index contributed by atoms with van der Waals surface area (Å²) in [6.45, 7) is 4.06. The van der Waals surface area contributed by atoms with Gasteiger partial charge in [0.25, 0.3) is 0 Å². The van der Waals surface area contributed by atoms with Crippen LogP contribution in [-0.4, -0.2) is 23.7 Å². The molecule has 1 unspecified atom stereocenters. The number of fused-ring (bicyclic) bond motifs is 1. The van der Waals surface area contributed by atoms with E-state index in [4.69, 9.17) is 4.74 Å². The fourth-order valence-electron chi connectivity index (χ4n) is 5.11. The van der Waals surface area contributed by atoms with E-state index in [9.17, 15) is 27.9 Å². The Morgan fingerprint density at radius 3 is 2.33 bits per heavy atom. The molecular formula is C30H31F3N2O4. The molecule has 0 aromatic heterocycles. The first-order valence-electron chi connectivity index (χ1n) is 12.9. The van der Waals surface area contributed by atoms with Gasteiger partial charge < -0.3 is 20.5 Å². The molecule has 2 atom stereocenters. The molecule has 0 saturated carbocycles. The molecule has 0 heterocycles. The lowest BCUT2D eigenvalue weighted by atomic mass is 9.65. The number of nitrogens with one attached hydrogen (secondary N) is 2. The number of esters is 1. The number of halogens is 3. The molecule has 0 aliphatic heterocycles. The predicted molar refractivity (Wildman–Crippen MR) is 143 cm³/mol. The van der Waals surface area contributed by atoms with E-state index in [1.807, 2.05) is 37.3 Å². The third-order valence-electron chi connectivity index (χ3n) is 7.34. The number of rotatable bonds is 7. The van der Waals surface area contributed by atoms with Crippen LogP contribution in [0.5, 0.6) is 0 Å². The Morgan fingerprint density at radius 2 is 1.67 bits per heavy atom. The average molecular weight is 541 g/mol. The molecule has 3 N–H and O–H groups in total. The van der Waals surface area contributed by atoms with E-state index in [2.05, 4.69) is 10.6 Å². The number of aryl methyl sites for hydroxylation is 1. The highest BCUT2D eigenvalue weighted by atomic mass is 19.4. The van der Waals surface area contributed by atoms with E-state index in [1.54, 1.807) is 19.1 Å². The lowest BCUT2D eigenvalue weighted by molar-refractivity contribution is -0.149. The van der Waals surface area contributed by atoms with E-state index in [0.29, 0.717) is 25.1 Å². The van der Waals surface area contributed by atoms with E-state index < -0.39 is 29.3 Å².